The Bertz CT molecular complexity index is 659. The summed E-state index contributed by atoms with van der Waals surface area (Å²) in [6.45, 7) is 0.309. The van der Waals surface area contributed by atoms with Crippen LogP contribution in [0.1, 0.15) is 22.0 Å². The second kappa shape index (κ2) is 7.04. The van der Waals surface area contributed by atoms with Crippen LogP contribution < -0.4 is 5.32 Å². The maximum atomic E-state index is 13.4. The van der Waals surface area contributed by atoms with E-state index >= 15 is 0 Å². The zero-order valence-electron chi connectivity index (χ0n) is 12.6. The van der Waals surface area contributed by atoms with E-state index in [1.165, 1.54) is 18.2 Å². The average Bonchev–Trinajstić information content (AvgIpc) is 2.47. The summed E-state index contributed by atoms with van der Waals surface area (Å²) in [6, 6.07) is 12.5. The Morgan fingerprint density at radius 2 is 1.95 bits per heavy atom. The van der Waals surface area contributed by atoms with Crippen LogP contribution in [-0.2, 0) is 0 Å². The van der Waals surface area contributed by atoms with Crippen LogP contribution in [0, 0.1) is 5.82 Å². The lowest BCUT2D eigenvalue weighted by Gasteiger charge is -2.25. The SMILES string of the molecule is CN(C)C(CNC(=O)c1ccccc1O)c1cccc(F)c1. The van der Waals surface area contributed by atoms with Gasteiger partial charge in [0.05, 0.1) is 11.6 Å². The molecule has 2 rings (SSSR count). The molecular weight excluding hydrogens is 283 g/mol. The Labute approximate surface area is 129 Å². The number of hydrogen-bond donors (Lipinski definition) is 2. The summed E-state index contributed by atoms with van der Waals surface area (Å²) >= 11 is 0. The first-order valence-corrected chi connectivity index (χ1v) is 6.97. The van der Waals surface area contributed by atoms with Crippen molar-refractivity contribution in [1.82, 2.24) is 10.2 Å². The summed E-state index contributed by atoms with van der Waals surface area (Å²) in [7, 11) is 3.73. The molecule has 0 aliphatic heterocycles. The van der Waals surface area contributed by atoms with Gasteiger partial charge in [0.2, 0.25) is 0 Å². The maximum absolute atomic E-state index is 13.4. The van der Waals surface area contributed by atoms with Gasteiger partial charge < -0.3 is 15.3 Å². The summed E-state index contributed by atoms with van der Waals surface area (Å²) < 4.78 is 13.4. The van der Waals surface area contributed by atoms with Gasteiger partial charge in [0, 0.05) is 6.54 Å². The van der Waals surface area contributed by atoms with E-state index < -0.39 is 0 Å². The van der Waals surface area contributed by atoms with Crippen LogP contribution in [0.2, 0.25) is 0 Å². The van der Waals surface area contributed by atoms with E-state index in [4.69, 9.17) is 0 Å². The molecule has 1 atom stereocenters. The van der Waals surface area contributed by atoms with Crippen molar-refractivity contribution in [3.63, 3.8) is 0 Å². The number of aromatic hydroxyl groups is 1. The summed E-state index contributed by atoms with van der Waals surface area (Å²) in [5.41, 5.74) is 1.00. The molecule has 1 unspecified atom stereocenters. The number of likely N-dealkylation sites (N-methyl/N-ethyl adjacent to an activating group) is 1. The fraction of sp³-hybridized carbons (Fsp3) is 0.235. The van der Waals surface area contributed by atoms with Gasteiger partial charge in [-0.15, -0.1) is 0 Å². The fourth-order valence-corrected chi connectivity index (χ4v) is 2.26. The molecule has 1 amide bonds. The molecular formula is C17H19FN2O2. The molecule has 0 bridgehead atoms. The monoisotopic (exact) mass is 302 g/mol. The van der Waals surface area contributed by atoms with Gasteiger partial charge in [-0.3, -0.25) is 4.79 Å². The number of nitrogens with zero attached hydrogens (tertiary/aromatic N) is 1. The van der Waals surface area contributed by atoms with Gasteiger partial charge in [-0.2, -0.15) is 0 Å². The third-order valence-electron chi connectivity index (χ3n) is 3.46. The largest absolute Gasteiger partial charge is 0.507 e. The molecule has 116 valence electrons. The molecule has 2 aromatic rings. The fourth-order valence-electron chi connectivity index (χ4n) is 2.26. The van der Waals surface area contributed by atoms with E-state index in [1.54, 1.807) is 24.3 Å². The van der Waals surface area contributed by atoms with Gasteiger partial charge in [0.1, 0.15) is 11.6 Å². The van der Waals surface area contributed by atoms with E-state index in [0.29, 0.717) is 6.54 Å². The quantitative estimate of drug-likeness (QED) is 0.892. The van der Waals surface area contributed by atoms with Crippen LogP contribution in [0.15, 0.2) is 48.5 Å². The van der Waals surface area contributed by atoms with Crippen molar-refractivity contribution in [2.75, 3.05) is 20.6 Å². The topological polar surface area (TPSA) is 52.6 Å². The molecule has 5 heteroatoms. The minimum Gasteiger partial charge on any atom is -0.507 e. The number of nitrogens with one attached hydrogen (secondary N) is 1. The molecule has 22 heavy (non-hydrogen) atoms. The number of rotatable bonds is 5. The van der Waals surface area contributed by atoms with E-state index in [1.807, 2.05) is 25.1 Å². The second-order valence-electron chi connectivity index (χ2n) is 5.26. The average molecular weight is 302 g/mol. The second-order valence-corrected chi connectivity index (χ2v) is 5.26. The highest BCUT2D eigenvalue weighted by atomic mass is 19.1. The van der Waals surface area contributed by atoms with Crippen molar-refractivity contribution in [3.8, 4) is 5.75 Å². The smallest absolute Gasteiger partial charge is 0.255 e. The number of amides is 1. The van der Waals surface area contributed by atoms with Crippen molar-refractivity contribution < 1.29 is 14.3 Å². The Hall–Kier alpha value is -2.40. The predicted molar refractivity (Wildman–Crippen MR) is 83.3 cm³/mol. The minimum absolute atomic E-state index is 0.0628. The number of carbonyl (C=O) groups is 1. The molecule has 0 aromatic heterocycles. The molecule has 0 saturated carbocycles. The molecule has 0 saturated heterocycles. The number of para-hydroxylation sites is 1. The Morgan fingerprint density at radius 3 is 2.59 bits per heavy atom. The van der Waals surface area contributed by atoms with Crippen LogP contribution in [0.4, 0.5) is 4.39 Å². The minimum atomic E-state index is -0.360. The van der Waals surface area contributed by atoms with Crippen LogP contribution in [-0.4, -0.2) is 36.6 Å². The summed E-state index contributed by atoms with van der Waals surface area (Å²) in [4.78, 5) is 14.0. The molecule has 0 aliphatic carbocycles. The highest BCUT2D eigenvalue weighted by molar-refractivity contribution is 5.96. The van der Waals surface area contributed by atoms with Gasteiger partial charge in [-0.05, 0) is 43.9 Å². The molecule has 0 fully saturated rings. The number of phenols is 1. The first kappa shape index (κ1) is 16.0. The van der Waals surface area contributed by atoms with E-state index in [9.17, 15) is 14.3 Å². The summed E-state index contributed by atoms with van der Waals surface area (Å²) in [5.74, 6) is -0.732. The van der Waals surface area contributed by atoms with Gasteiger partial charge in [-0.25, -0.2) is 4.39 Å². The third-order valence-corrected chi connectivity index (χ3v) is 3.46. The predicted octanol–water partition coefficient (Wildman–Crippen LogP) is 2.56. The van der Waals surface area contributed by atoms with Crippen LogP contribution in [0.25, 0.3) is 0 Å². The number of carbonyl (C=O) groups excluding carboxylic acids is 1. The highest BCUT2D eigenvalue weighted by Gasteiger charge is 2.17. The summed E-state index contributed by atoms with van der Waals surface area (Å²) in [6.07, 6.45) is 0. The number of benzene rings is 2. The van der Waals surface area contributed by atoms with Gasteiger partial charge in [0.25, 0.3) is 5.91 Å². The lowest BCUT2D eigenvalue weighted by molar-refractivity contribution is 0.0939. The molecule has 4 nitrogen and oxygen atoms in total. The van der Waals surface area contributed by atoms with Crippen molar-refractivity contribution in [2.45, 2.75) is 6.04 Å². The van der Waals surface area contributed by atoms with Crippen LogP contribution in [0.5, 0.6) is 5.75 Å². The summed E-state index contributed by atoms with van der Waals surface area (Å²) in [5, 5.41) is 12.5. The van der Waals surface area contributed by atoms with Crippen LogP contribution >= 0.6 is 0 Å². The van der Waals surface area contributed by atoms with Gasteiger partial charge in [0.15, 0.2) is 0 Å². The molecule has 0 spiro atoms. The highest BCUT2D eigenvalue weighted by Crippen LogP contribution is 2.19. The number of phenolic OH excluding ortho intramolecular Hbond substituents is 1. The van der Waals surface area contributed by atoms with E-state index in [2.05, 4.69) is 5.32 Å². The van der Waals surface area contributed by atoms with E-state index in [0.717, 1.165) is 5.56 Å². The lowest BCUT2D eigenvalue weighted by atomic mass is 10.1. The molecule has 0 radical (unpaired) electrons. The maximum Gasteiger partial charge on any atom is 0.255 e. The zero-order chi connectivity index (χ0) is 16.1. The first-order valence-electron chi connectivity index (χ1n) is 6.97. The van der Waals surface area contributed by atoms with Crippen LogP contribution in [0.3, 0.4) is 0 Å². The van der Waals surface area contributed by atoms with Crippen molar-refractivity contribution >= 4 is 5.91 Å². The number of halogens is 1. The first-order chi connectivity index (χ1) is 10.5. The molecule has 0 aliphatic rings. The number of hydrogen-bond acceptors (Lipinski definition) is 3. The molecule has 2 aromatic carbocycles. The van der Waals surface area contributed by atoms with Gasteiger partial charge >= 0.3 is 0 Å². The van der Waals surface area contributed by atoms with Crippen molar-refractivity contribution in [1.29, 1.82) is 0 Å². The standard InChI is InChI=1S/C17H19FN2O2/c1-20(2)15(12-6-5-7-13(18)10-12)11-19-17(22)14-8-3-4-9-16(14)21/h3-10,15,21H,11H2,1-2H3,(H,19,22). The third kappa shape index (κ3) is 3.83. The normalized spacial score (nSPS) is 12.2. The lowest BCUT2D eigenvalue weighted by Crippen LogP contribution is -2.34. The van der Waals surface area contributed by atoms with Crippen molar-refractivity contribution in [3.05, 3.63) is 65.5 Å². The molecule has 0 heterocycles. The Kier molecular flexibility index (Phi) is 5.12. The molecule has 2 N–H and O–H groups in total. The Morgan fingerprint density at radius 1 is 1.23 bits per heavy atom. The Balaban J connectivity index is 2.10. The van der Waals surface area contributed by atoms with E-state index in [-0.39, 0.29) is 29.1 Å². The zero-order valence-corrected chi connectivity index (χ0v) is 12.6. The van der Waals surface area contributed by atoms with Crippen molar-refractivity contribution in [2.24, 2.45) is 0 Å². The van der Waals surface area contributed by atoms with Gasteiger partial charge in [-0.1, -0.05) is 24.3 Å².